The second kappa shape index (κ2) is 12.5. The Morgan fingerprint density at radius 1 is 1.43 bits per heavy atom. The third-order valence-corrected chi connectivity index (χ3v) is 4.37. The number of halogens is 2. The van der Waals surface area contributed by atoms with Gasteiger partial charge in [0.2, 0.25) is 0 Å². The van der Waals surface area contributed by atoms with E-state index in [0.717, 1.165) is 35.6 Å². The number of rotatable bonds is 9. The summed E-state index contributed by atoms with van der Waals surface area (Å²) in [6, 6.07) is 1.79. The van der Waals surface area contributed by atoms with Crippen LogP contribution in [0.2, 0.25) is 0 Å². The number of hydrogen-bond acceptors (Lipinski definition) is 5. The highest BCUT2D eigenvalue weighted by Gasteiger charge is 2.15. The van der Waals surface area contributed by atoms with Crippen molar-refractivity contribution in [3.8, 4) is 6.07 Å². The van der Waals surface area contributed by atoms with Crippen LogP contribution in [0.3, 0.4) is 0 Å². The molecule has 5 nitrogen and oxygen atoms in total. The van der Waals surface area contributed by atoms with E-state index in [1.165, 1.54) is 6.20 Å². The van der Waals surface area contributed by atoms with Crippen LogP contribution in [0.15, 0.2) is 70.8 Å². The minimum atomic E-state index is -1.73. The highest BCUT2D eigenvalue weighted by Crippen LogP contribution is 2.22. The summed E-state index contributed by atoms with van der Waals surface area (Å²) in [5.41, 5.74) is 15.3. The molecule has 6 N–H and O–H groups in total. The first-order valence-corrected chi connectivity index (χ1v) is 9.19. The fourth-order valence-electron chi connectivity index (χ4n) is 2.83. The fourth-order valence-corrected chi connectivity index (χ4v) is 2.83. The zero-order chi connectivity index (χ0) is 20.9. The Balaban J connectivity index is 3.22. The molecule has 0 heterocycles. The zero-order valence-electron chi connectivity index (χ0n) is 16.4. The second-order valence-corrected chi connectivity index (χ2v) is 6.48. The van der Waals surface area contributed by atoms with Crippen LogP contribution >= 0.6 is 0 Å². The quantitative estimate of drug-likeness (QED) is 0.453. The Morgan fingerprint density at radius 2 is 2.18 bits per heavy atom. The van der Waals surface area contributed by atoms with Gasteiger partial charge in [-0.25, -0.2) is 0 Å². The lowest BCUT2D eigenvalue weighted by atomic mass is 10.0. The minimum Gasteiger partial charge on any atom is -0.405 e. The molecule has 1 unspecified atom stereocenters. The lowest BCUT2D eigenvalue weighted by molar-refractivity contribution is 0.415. The summed E-state index contributed by atoms with van der Waals surface area (Å²) in [7, 11) is 1.80. The van der Waals surface area contributed by atoms with Gasteiger partial charge >= 0.3 is 0 Å². The van der Waals surface area contributed by atoms with E-state index < -0.39 is 12.1 Å². The highest BCUT2D eigenvalue weighted by atomic mass is 19.3. The molecule has 1 aliphatic carbocycles. The van der Waals surface area contributed by atoms with Crippen molar-refractivity contribution in [1.82, 2.24) is 10.6 Å². The van der Waals surface area contributed by atoms with Gasteiger partial charge < -0.3 is 22.1 Å². The van der Waals surface area contributed by atoms with E-state index in [1.807, 2.05) is 13.0 Å². The summed E-state index contributed by atoms with van der Waals surface area (Å²) in [4.78, 5) is 0. The maximum absolute atomic E-state index is 12.7. The third kappa shape index (κ3) is 7.80. The summed E-state index contributed by atoms with van der Waals surface area (Å²) in [6.45, 7) is 2.34. The summed E-state index contributed by atoms with van der Waals surface area (Å²) in [5, 5.41) is 15.5. The van der Waals surface area contributed by atoms with Crippen molar-refractivity contribution in [2.45, 2.75) is 38.6 Å². The number of nitrogens with two attached hydrogens (primary N) is 2. The molecule has 0 bridgehead atoms. The van der Waals surface area contributed by atoms with Crippen molar-refractivity contribution in [2.75, 3.05) is 13.6 Å². The van der Waals surface area contributed by atoms with Crippen molar-refractivity contribution in [2.24, 2.45) is 11.5 Å². The Labute approximate surface area is 165 Å². The SMILES string of the molecule is CNCC(=C\NC(CC=C(F)F)C1=CCCCC(C#N)=C1)/C(N)=C(C)\C=C/N. The summed E-state index contributed by atoms with van der Waals surface area (Å²) in [5.74, 6) is 0. The average molecular weight is 389 g/mol. The van der Waals surface area contributed by atoms with Crippen LogP contribution in [0.4, 0.5) is 8.78 Å². The summed E-state index contributed by atoms with van der Waals surface area (Å²) < 4.78 is 25.4. The maximum atomic E-state index is 12.7. The standard InChI is InChI=1S/C21H29F2N5/c1-15(9-10-24)21(26)18(13-27-2)14-28-19(7-8-20(22)23)17-6-4-3-5-16(11-17)12-25/h6,8-11,14,19,27-28H,3-5,7,13,24,26H2,1-2H3/b10-9-,18-14+,21-15+. The molecule has 152 valence electrons. The molecule has 0 aromatic heterocycles. The van der Waals surface area contributed by atoms with E-state index in [9.17, 15) is 14.0 Å². The molecule has 1 aliphatic rings. The molecule has 0 saturated carbocycles. The van der Waals surface area contributed by atoms with Gasteiger partial charge in [0, 0.05) is 29.6 Å². The fraction of sp³-hybridized carbons (Fsp3) is 0.381. The molecule has 0 aromatic carbocycles. The number of hydrogen-bond donors (Lipinski definition) is 4. The van der Waals surface area contributed by atoms with Crippen LogP contribution in [0.5, 0.6) is 0 Å². The summed E-state index contributed by atoms with van der Waals surface area (Å²) >= 11 is 0. The molecule has 0 fully saturated rings. The number of nitrogens with zero attached hydrogens (tertiary/aromatic N) is 1. The lowest BCUT2D eigenvalue weighted by Gasteiger charge is -2.19. The third-order valence-electron chi connectivity index (χ3n) is 4.37. The van der Waals surface area contributed by atoms with Crippen molar-refractivity contribution in [1.29, 1.82) is 5.26 Å². The molecule has 1 atom stereocenters. The molecule has 1 rings (SSSR count). The van der Waals surface area contributed by atoms with Crippen LogP contribution in [0, 0.1) is 11.3 Å². The molecule has 0 radical (unpaired) electrons. The molecular formula is C21H29F2N5. The van der Waals surface area contributed by atoms with E-state index >= 15 is 0 Å². The Bertz CT molecular complexity index is 747. The predicted molar refractivity (Wildman–Crippen MR) is 110 cm³/mol. The van der Waals surface area contributed by atoms with Gasteiger partial charge in [0.15, 0.2) is 0 Å². The van der Waals surface area contributed by atoms with Crippen LogP contribution in [-0.2, 0) is 0 Å². The van der Waals surface area contributed by atoms with Gasteiger partial charge in [0.25, 0.3) is 6.08 Å². The molecule has 0 amide bonds. The van der Waals surface area contributed by atoms with E-state index in [4.69, 9.17) is 11.5 Å². The number of allylic oxidation sites excluding steroid dienone is 4. The number of likely N-dealkylation sites (N-methyl/N-ethyl adjacent to an activating group) is 1. The largest absolute Gasteiger partial charge is 0.405 e. The molecule has 0 aromatic rings. The first-order chi connectivity index (χ1) is 13.4. The van der Waals surface area contributed by atoms with E-state index in [2.05, 4.69) is 16.7 Å². The maximum Gasteiger partial charge on any atom is 0.266 e. The van der Waals surface area contributed by atoms with Crippen LogP contribution < -0.4 is 22.1 Å². The van der Waals surface area contributed by atoms with Crippen LogP contribution in [-0.4, -0.2) is 19.6 Å². The van der Waals surface area contributed by atoms with Gasteiger partial charge in [-0.15, -0.1) is 0 Å². The smallest absolute Gasteiger partial charge is 0.266 e. The second-order valence-electron chi connectivity index (χ2n) is 6.48. The van der Waals surface area contributed by atoms with Crippen molar-refractivity contribution < 1.29 is 8.78 Å². The summed E-state index contributed by atoms with van der Waals surface area (Å²) in [6.07, 6.45) is 10.2. The van der Waals surface area contributed by atoms with Crippen LogP contribution in [0.25, 0.3) is 0 Å². The topological polar surface area (TPSA) is 99.9 Å². The molecule has 7 heteroatoms. The Hall–Kier alpha value is -2.85. The van der Waals surface area contributed by atoms with Crippen molar-refractivity contribution in [3.63, 3.8) is 0 Å². The highest BCUT2D eigenvalue weighted by molar-refractivity contribution is 5.39. The zero-order valence-corrected chi connectivity index (χ0v) is 16.4. The molecular weight excluding hydrogens is 360 g/mol. The van der Waals surface area contributed by atoms with Gasteiger partial charge in [-0.3, -0.25) is 0 Å². The molecule has 28 heavy (non-hydrogen) atoms. The van der Waals surface area contributed by atoms with Gasteiger partial charge in [0.05, 0.1) is 12.1 Å². The van der Waals surface area contributed by atoms with E-state index in [0.29, 0.717) is 24.2 Å². The van der Waals surface area contributed by atoms with Crippen LogP contribution in [0.1, 0.15) is 32.6 Å². The van der Waals surface area contributed by atoms with Gasteiger partial charge in [-0.1, -0.05) is 6.08 Å². The molecule has 0 aliphatic heterocycles. The number of nitrogens with one attached hydrogen (secondary N) is 2. The van der Waals surface area contributed by atoms with Gasteiger partial charge in [-0.2, -0.15) is 14.0 Å². The van der Waals surface area contributed by atoms with Gasteiger partial charge in [-0.05, 0) is 75.2 Å². The predicted octanol–water partition coefficient (Wildman–Crippen LogP) is 3.48. The Kier molecular flexibility index (Phi) is 10.4. The van der Waals surface area contributed by atoms with Crippen molar-refractivity contribution >= 4 is 0 Å². The average Bonchev–Trinajstić information content (AvgIpc) is 2.92. The molecule has 0 saturated heterocycles. The van der Waals surface area contributed by atoms with E-state index in [-0.39, 0.29) is 6.42 Å². The first kappa shape index (κ1) is 23.2. The van der Waals surface area contributed by atoms with Gasteiger partial charge in [0.1, 0.15) is 0 Å². The molecule has 0 spiro atoms. The van der Waals surface area contributed by atoms with E-state index in [1.54, 1.807) is 25.4 Å². The number of nitriles is 1. The Morgan fingerprint density at radius 3 is 2.79 bits per heavy atom. The monoisotopic (exact) mass is 389 g/mol. The minimum absolute atomic E-state index is 0.0953. The first-order valence-electron chi connectivity index (χ1n) is 9.19. The lowest BCUT2D eigenvalue weighted by Crippen LogP contribution is -2.28. The normalized spacial score (nSPS) is 17.0. The van der Waals surface area contributed by atoms with Crippen molar-refractivity contribution in [3.05, 3.63) is 70.8 Å².